The van der Waals surface area contributed by atoms with E-state index in [0.29, 0.717) is 0 Å². The van der Waals surface area contributed by atoms with Gasteiger partial charge < -0.3 is 4.42 Å². The molecular weight excluding hydrogens is 693 g/mol. The van der Waals surface area contributed by atoms with Gasteiger partial charge in [0.1, 0.15) is 11.2 Å². The first-order chi connectivity index (χ1) is 28.2. The Labute approximate surface area is 330 Å². The zero-order valence-electron chi connectivity index (χ0n) is 31.0. The van der Waals surface area contributed by atoms with Gasteiger partial charge in [-0.2, -0.15) is 0 Å². The van der Waals surface area contributed by atoms with Crippen LogP contribution in [0.3, 0.4) is 0 Å². The molecular formula is C54H34N2O. The third-order valence-corrected chi connectivity index (χ3v) is 12.0. The van der Waals surface area contributed by atoms with Crippen LogP contribution in [0, 0.1) is 0 Å². The molecule has 0 spiro atoms. The predicted molar refractivity (Wildman–Crippen MR) is 234 cm³/mol. The van der Waals surface area contributed by atoms with Crippen molar-refractivity contribution in [2.75, 3.05) is 0 Å². The maximum Gasteiger partial charge on any atom is 0.160 e. The second-order valence-corrected chi connectivity index (χ2v) is 15.2. The van der Waals surface area contributed by atoms with E-state index in [0.717, 1.165) is 56.7 Å². The maximum atomic E-state index is 6.68. The summed E-state index contributed by atoms with van der Waals surface area (Å²) in [6.07, 6.45) is 3.23. The molecule has 2 aliphatic carbocycles. The standard InChI is InChI=1S/C54H34N2O/c1-3-13-33(14-4-1)35-17-11-18-37(29-35)49-32-50(56-54(55-49)34-15-5-2-6-16-34)43-27-26-38(39-19-7-8-20-40(39)43)36-25-28-51-46(30-36)48-31-47-42-22-10-9-21-41(42)44-23-12-24-45(52(44)47)53(48)57-51/h1-26,28-32,43H,27H2. The van der Waals surface area contributed by atoms with E-state index in [9.17, 15) is 0 Å². The van der Waals surface area contributed by atoms with Gasteiger partial charge in [-0.15, -0.1) is 0 Å². The summed E-state index contributed by atoms with van der Waals surface area (Å²) in [5.74, 6) is 0.804. The summed E-state index contributed by atoms with van der Waals surface area (Å²) in [6, 6.07) is 65.0. The van der Waals surface area contributed by atoms with E-state index in [4.69, 9.17) is 14.4 Å². The number of furan rings is 1. The SMILES string of the molecule is C1=C(c2ccc3oc4c5cccc6c5c(cc4c3c2)-c2ccccc2-6)c2ccccc2C(c2cc(-c3cccc(-c4ccccc4)c3)nc(-c3ccccc3)n2)C1. The Hall–Kier alpha value is -7.36. The fourth-order valence-electron chi connectivity index (χ4n) is 9.34. The summed E-state index contributed by atoms with van der Waals surface area (Å²) in [6.45, 7) is 0. The number of rotatable bonds is 5. The van der Waals surface area contributed by atoms with Gasteiger partial charge in [-0.1, -0.05) is 158 Å². The van der Waals surface area contributed by atoms with Crippen molar-refractivity contribution in [3.8, 4) is 56.0 Å². The summed E-state index contributed by atoms with van der Waals surface area (Å²) >= 11 is 0. The molecule has 0 bridgehead atoms. The van der Waals surface area contributed by atoms with E-state index >= 15 is 0 Å². The van der Waals surface area contributed by atoms with Gasteiger partial charge in [0.25, 0.3) is 0 Å². The van der Waals surface area contributed by atoms with Crippen molar-refractivity contribution < 1.29 is 4.42 Å². The fraction of sp³-hybridized carbons (Fsp3) is 0.0370. The monoisotopic (exact) mass is 726 g/mol. The lowest BCUT2D eigenvalue weighted by molar-refractivity contribution is 0.672. The first kappa shape index (κ1) is 31.9. The number of fused-ring (bicyclic) bond motifs is 8. The first-order valence-electron chi connectivity index (χ1n) is 19.7. The van der Waals surface area contributed by atoms with Crippen LogP contribution in [0.2, 0.25) is 0 Å². The lowest BCUT2D eigenvalue weighted by atomic mass is 9.79. The van der Waals surface area contributed by atoms with Crippen LogP contribution < -0.4 is 0 Å². The zero-order chi connectivity index (χ0) is 37.5. The van der Waals surface area contributed by atoms with Crippen LogP contribution in [0.15, 0.2) is 192 Å². The number of benzene rings is 8. The first-order valence-corrected chi connectivity index (χ1v) is 19.7. The molecule has 0 fully saturated rings. The summed E-state index contributed by atoms with van der Waals surface area (Å²) in [4.78, 5) is 10.5. The van der Waals surface area contributed by atoms with Crippen LogP contribution in [-0.2, 0) is 0 Å². The topological polar surface area (TPSA) is 38.9 Å². The summed E-state index contributed by atoms with van der Waals surface area (Å²) < 4.78 is 6.68. The Kier molecular flexibility index (Phi) is 7.05. The molecule has 0 aliphatic heterocycles. The van der Waals surface area contributed by atoms with Crippen molar-refractivity contribution in [2.24, 2.45) is 0 Å². The van der Waals surface area contributed by atoms with Crippen molar-refractivity contribution in [1.29, 1.82) is 0 Å². The van der Waals surface area contributed by atoms with Crippen molar-refractivity contribution in [3.63, 3.8) is 0 Å². The molecule has 1 unspecified atom stereocenters. The van der Waals surface area contributed by atoms with Gasteiger partial charge in [-0.05, 0) is 92.4 Å². The third-order valence-electron chi connectivity index (χ3n) is 12.0. The zero-order valence-corrected chi connectivity index (χ0v) is 31.0. The highest BCUT2D eigenvalue weighted by Crippen LogP contribution is 2.51. The highest BCUT2D eigenvalue weighted by atomic mass is 16.3. The highest BCUT2D eigenvalue weighted by molar-refractivity contribution is 6.26. The molecule has 0 saturated carbocycles. The van der Waals surface area contributed by atoms with Gasteiger partial charge in [-0.25, -0.2) is 9.97 Å². The van der Waals surface area contributed by atoms with Crippen LogP contribution >= 0.6 is 0 Å². The Morgan fingerprint density at radius 3 is 1.96 bits per heavy atom. The Balaban J connectivity index is 0.978. The molecule has 0 N–H and O–H groups in total. The molecule has 2 heterocycles. The van der Waals surface area contributed by atoms with Crippen molar-refractivity contribution in [1.82, 2.24) is 9.97 Å². The molecule has 2 aromatic heterocycles. The van der Waals surface area contributed by atoms with Crippen LogP contribution in [0.25, 0.3) is 94.3 Å². The molecule has 3 heteroatoms. The van der Waals surface area contributed by atoms with Gasteiger partial charge in [0.2, 0.25) is 0 Å². The maximum absolute atomic E-state index is 6.68. The summed E-state index contributed by atoms with van der Waals surface area (Å²) in [5.41, 5.74) is 18.3. The molecule has 3 nitrogen and oxygen atoms in total. The Bertz CT molecular complexity index is 3270. The molecule has 57 heavy (non-hydrogen) atoms. The average molecular weight is 727 g/mol. The second kappa shape index (κ2) is 12.6. The third kappa shape index (κ3) is 5.06. The van der Waals surface area contributed by atoms with Crippen LogP contribution in [0.1, 0.15) is 34.7 Å². The van der Waals surface area contributed by atoms with Crippen molar-refractivity contribution in [2.45, 2.75) is 12.3 Å². The Morgan fingerprint density at radius 2 is 1.12 bits per heavy atom. The minimum Gasteiger partial charge on any atom is -0.455 e. The minimum absolute atomic E-state index is 0.0646. The molecule has 12 rings (SSSR count). The lowest BCUT2D eigenvalue weighted by Gasteiger charge is -2.26. The smallest absolute Gasteiger partial charge is 0.160 e. The minimum atomic E-state index is 0.0646. The van der Waals surface area contributed by atoms with Crippen LogP contribution in [0.4, 0.5) is 0 Å². The van der Waals surface area contributed by atoms with Gasteiger partial charge >= 0.3 is 0 Å². The highest BCUT2D eigenvalue weighted by Gasteiger charge is 2.28. The van der Waals surface area contributed by atoms with E-state index < -0.39 is 0 Å². The molecule has 0 radical (unpaired) electrons. The van der Waals surface area contributed by atoms with E-state index in [1.165, 1.54) is 66.4 Å². The van der Waals surface area contributed by atoms with Crippen molar-refractivity contribution in [3.05, 3.63) is 210 Å². The molecule has 2 aliphatic rings. The second-order valence-electron chi connectivity index (χ2n) is 15.2. The summed E-state index contributed by atoms with van der Waals surface area (Å²) in [7, 11) is 0. The van der Waals surface area contributed by atoms with Gasteiger partial charge in [0.15, 0.2) is 5.82 Å². The number of hydrogen-bond donors (Lipinski definition) is 0. The van der Waals surface area contributed by atoms with Crippen molar-refractivity contribution >= 4 is 38.3 Å². The number of nitrogens with zero attached hydrogens (tertiary/aromatic N) is 2. The van der Waals surface area contributed by atoms with Crippen LogP contribution in [0.5, 0.6) is 0 Å². The normalized spacial score (nSPS) is 14.2. The molecule has 0 amide bonds. The average Bonchev–Trinajstić information content (AvgIpc) is 3.83. The van der Waals surface area contributed by atoms with Crippen LogP contribution in [-0.4, -0.2) is 9.97 Å². The number of hydrogen-bond acceptors (Lipinski definition) is 3. The van der Waals surface area contributed by atoms with E-state index in [1.807, 2.05) is 6.07 Å². The molecule has 1 atom stereocenters. The lowest BCUT2D eigenvalue weighted by Crippen LogP contribution is -2.12. The quantitative estimate of drug-likeness (QED) is 0.177. The molecule has 0 saturated heterocycles. The van der Waals surface area contributed by atoms with Gasteiger partial charge in [0, 0.05) is 38.6 Å². The van der Waals surface area contributed by atoms with Gasteiger partial charge in [0.05, 0.1) is 11.4 Å². The predicted octanol–water partition coefficient (Wildman–Crippen LogP) is 14.1. The largest absolute Gasteiger partial charge is 0.455 e. The van der Waals surface area contributed by atoms with E-state index in [1.54, 1.807) is 0 Å². The summed E-state index contributed by atoms with van der Waals surface area (Å²) in [5, 5.41) is 4.75. The fourth-order valence-corrected chi connectivity index (χ4v) is 9.34. The van der Waals surface area contributed by atoms with E-state index in [2.05, 4.69) is 182 Å². The number of allylic oxidation sites excluding steroid dienone is 1. The number of aromatic nitrogens is 2. The van der Waals surface area contributed by atoms with Gasteiger partial charge in [-0.3, -0.25) is 0 Å². The molecule has 8 aromatic carbocycles. The molecule has 266 valence electrons. The Morgan fingerprint density at radius 1 is 0.439 bits per heavy atom. The van der Waals surface area contributed by atoms with E-state index in [-0.39, 0.29) is 5.92 Å². The molecule has 10 aromatic rings.